The lowest BCUT2D eigenvalue weighted by atomic mass is 10.1. The maximum Gasteiger partial charge on any atom is 0.260 e. The van der Waals surface area contributed by atoms with Gasteiger partial charge < -0.3 is 10.1 Å². The first-order valence-electron chi connectivity index (χ1n) is 6.98. The molecular formula is C16H25NO2. The minimum Gasteiger partial charge on any atom is -0.481 e. The van der Waals surface area contributed by atoms with E-state index in [2.05, 4.69) is 19.2 Å². The summed E-state index contributed by atoms with van der Waals surface area (Å²) in [5.41, 5.74) is 2.39. The van der Waals surface area contributed by atoms with Gasteiger partial charge in [0, 0.05) is 6.04 Å². The molecule has 0 heterocycles. The molecule has 0 saturated heterocycles. The predicted molar refractivity (Wildman–Crippen MR) is 78.5 cm³/mol. The summed E-state index contributed by atoms with van der Waals surface area (Å²) in [7, 11) is 0. The van der Waals surface area contributed by atoms with E-state index in [0.717, 1.165) is 18.6 Å². The van der Waals surface area contributed by atoms with E-state index in [4.69, 9.17) is 4.74 Å². The maximum absolute atomic E-state index is 11.9. The lowest BCUT2D eigenvalue weighted by Gasteiger charge is -2.18. The number of rotatable bonds is 6. The van der Waals surface area contributed by atoms with Crippen molar-refractivity contribution in [3.05, 3.63) is 29.3 Å². The van der Waals surface area contributed by atoms with Crippen LogP contribution < -0.4 is 10.1 Å². The highest BCUT2D eigenvalue weighted by molar-refractivity contribution is 5.80. The van der Waals surface area contributed by atoms with Crippen LogP contribution in [0, 0.1) is 13.8 Å². The van der Waals surface area contributed by atoms with Crippen LogP contribution in [0.3, 0.4) is 0 Å². The highest BCUT2D eigenvalue weighted by atomic mass is 16.5. The molecule has 106 valence electrons. The van der Waals surface area contributed by atoms with Crippen molar-refractivity contribution in [3.8, 4) is 5.75 Å². The van der Waals surface area contributed by atoms with Crippen LogP contribution in [0.15, 0.2) is 18.2 Å². The molecule has 0 unspecified atom stereocenters. The highest BCUT2D eigenvalue weighted by Gasteiger charge is 2.16. The van der Waals surface area contributed by atoms with Crippen molar-refractivity contribution >= 4 is 5.91 Å². The summed E-state index contributed by atoms with van der Waals surface area (Å²) in [5.74, 6) is 0.688. The Morgan fingerprint density at radius 2 is 1.95 bits per heavy atom. The number of nitrogens with one attached hydrogen (secondary N) is 1. The Morgan fingerprint density at radius 1 is 1.26 bits per heavy atom. The van der Waals surface area contributed by atoms with Gasteiger partial charge in [-0.2, -0.15) is 0 Å². The van der Waals surface area contributed by atoms with Crippen molar-refractivity contribution in [2.75, 3.05) is 0 Å². The van der Waals surface area contributed by atoms with Crippen LogP contribution in [0.4, 0.5) is 0 Å². The van der Waals surface area contributed by atoms with Crippen molar-refractivity contribution in [1.29, 1.82) is 0 Å². The van der Waals surface area contributed by atoms with E-state index in [9.17, 15) is 4.79 Å². The molecule has 19 heavy (non-hydrogen) atoms. The van der Waals surface area contributed by atoms with Gasteiger partial charge in [0.05, 0.1) is 0 Å². The van der Waals surface area contributed by atoms with Crippen molar-refractivity contribution in [2.45, 2.75) is 59.6 Å². The van der Waals surface area contributed by atoms with Gasteiger partial charge in [-0.1, -0.05) is 19.4 Å². The number of carbonyl (C=O) groups excluding carboxylic acids is 1. The quantitative estimate of drug-likeness (QED) is 0.854. The molecule has 1 aromatic carbocycles. The zero-order valence-electron chi connectivity index (χ0n) is 12.6. The fourth-order valence-electron chi connectivity index (χ4n) is 1.91. The van der Waals surface area contributed by atoms with Crippen molar-refractivity contribution in [2.24, 2.45) is 0 Å². The first-order chi connectivity index (χ1) is 8.93. The third-order valence-corrected chi connectivity index (χ3v) is 3.27. The minimum atomic E-state index is -0.471. The summed E-state index contributed by atoms with van der Waals surface area (Å²) in [4.78, 5) is 11.9. The van der Waals surface area contributed by atoms with E-state index < -0.39 is 6.10 Å². The Morgan fingerprint density at radius 3 is 2.53 bits per heavy atom. The Kier molecular flexibility index (Phi) is 5.87. The smallest absolute Gasteiger partial charge is 0.260 e. The van der Waals surface area contributed by atoms with Gasteiger partial charge in [-0.15, -0.1) is 0 Å². The van der Waals surface area contributed by atoms with Crippen molar-refractivity contribution < 1.29 is 9.53 Å². The van der Waals surface area contributed by atoms with Gasteiger partial charge in [0.1, 0.15) is 5.75 Å². The largest absolute Gasteiger partial charge is 0.481 e. The molecule has 0 fully saturated rings. The molecule has 1 amide bonds. The molecule has 1 N–H and O–H groups in total. The number of ether oxygens (including phenoxy) is 1. The molecule has 0 aliphatic rings. The number of hydrogen-bond donors (Lipinski definition) is 1. The van der Waals surface area contributed by atoms with Crippen LogP contribution in [-0.2, 0) is 4.79 Å². The van der Waals surface area contributed by atoms with Crippen molar-refractivity contribution in [3.63, 3.8) is 0 Å². The molecule has 0 spiro atoms. The summed E-state index contributed by atoms with van der Waals surface area (Å²) in [6.07, 6.45) is 1.58. The van der Waals surface area contributed by atoms with Gasteiger partial charge in [-0.05, 0) is 57.4 Å². The Bertz CT molecular complexity index is 429. The molecule has 3 nitrogen and oxygen atoms in total. The van der Waals surface area contributed by atoms with E-state index >= 15 is 0 Å². The third-order valence-electron chi connectivity index (χ3n) is 3.27. The van der Waals surface area contributed by atoms with E-state index in [1.165, 1.54) is 11.1 Å². The fraction of sp³-hybridized carbons (Fsp3) is 0.562. The molecule has 2 atom stereocenters. The number of benzene rings is 1. The number of carbonyl (C=O) groups is 1. The van der Waals surface area contributed by atoms with E-state index in [1.54, 1.807) is 6.92 Å². The molecule has 0 bridgehead atoms. The zero-order valence-corrected chi connectivity index (χ0v) is 12.6. The summed E-state index contributed by atoms with van der Waals surface area (Å²) in [6, 6.07) is 6.08. The van der Waals surface area contributed by atoms with Crippen LogP contribution in [0.5, 0.6) is 5.75 Å². The van der Waals surface area contributed by atoms with Crippen LogP contribution >= 0.6 is 0 Å². The first-order valence-corrected chi connectivity index (χ1v) is 6.98. The summed E-state index contributed by atoms with van der Waals surface area (Å²) < 4.78 is 5.68. The first kappa shape index (κ1) is 15.5. The second-order valence-electron chi connectivity index (χ2n) is 5.20. The average Bonchev–Trinajstić information content (AvgIpc) is 2.34. The van der Waals surface area contributed by atoms with Crippen LogP contribution in [0.2, 0.25) is 0 Å². The van der Waals surface area contributed by atoms with Gasteiger partial charge in [-0.3, -0.25) is 4.79 Å². The van der Waals surface area contributed by atoms with Crippen LogP contribution in [0.1, 0.15) is 44.7 Å². The number of aryl methyl sites for hydroxylation is 2. The summed E-state index contributed by atoms with van der Waals surface area (Å²) >= 11 is 0. The molecule has 0 saturated carbocycles. The molecule has 0 aliphatic carbocycles. The second-order valence-corrected chi connectivity index (χ2v) is 5.20. The number of hydrogen-bond acceptors (Lipinski definition) is 2. The molecule has 0 aliphatic heterocycles. The maximum atomic E-state index is 11.9. The fourth-order valence-corrected chi connectivity index (χ4v) is 1.91. The second kappa shape index (κ2) is 7.17. The lowest BCUT2D eigenvalue weighted by Crippen LogP contribution is -2.41. The SMILES string of the molecule is CCC[C@@H](C)NC(=O)[C@@H](C)Oc1ccc(C)c(C)c1. The van der Waals surface area contributed by atoms with Gasteiger partial charge in [0.2, 0.25) is 0 Å². The van der Waals surface area contributed by atoms with Crippen LogP contribution in [-0.4, -0.2) is 18.1 Å². The molecule has 0 aromatic heterocycles. The highest BCUT2D eigenvalue weighted by Crippen LogP contribution is 2.17. The predicted octanol–water partition coefficient (Wildman–Crippen LogP) is 3.38. The van der Waals surface area contributed by atoms with Gasteiger partial charge in [0.25, 0.3) is 5.91 Å². The molecule has 3 heteroatoms. The molecule has 0 radical (unpaired) electrons. The Labute approximate surface area is 116 Å². The third kappa shape index (κ3) is 4.93. The van der Waals surface area contributed by atoms with E-state index in [-0.39, 0.29) is 11.9 Å². The monoisotopic (exact) mass is 263 g/mol. The average molecular weight is 263 g/mol. The number of amides is 1. The normalized spacial score (nSPS) is 13.7. The standard InChI is InChI=1S/C16H25NO2/c1-6-7-13(4)17-16(18)14(5)19-15-9-8-11(2)12(3)10-15/h8-10,13-14H,6-7H2,1-5H3,(H,17,18)/t13-,14-/m1/s1. The molecule has 1 rings (SSSR count). The molecule has 1 aromatic rings. The van der Waals surface area contributed by atoms with E-state index in [1.807, 2.05) is 32.0 Å². The zero-order chi connectivity index (χ0) is 14.4. The Balaban J connectivity index is 2.56. The minimum absolute atomic E-state index is 0.0563. The van der Waals surface area contributed by atoms with Crippen LogP contribution in [0.25, 0.3) is 0 Å². The van der Waals surface area contributed by atoms with Crippen molar-refractivity contribution in [1.82, 2.24) is 5.32 Å². The van der Waals surface area contributed by atoms with Gasteiger partial charge in [0.15, 0.2) is 6.10 Å². The Hall–Kier alpha value is -1.51. The summed E-state index contributed by atoms with van der Waals surface area (Å²) in [6.45, 7) is 10.0. The molecular weight excluding hydrogens is 238 g/mol. The van der Waals surface area contributed by atoms with E-state index in [0.29, 0.717) is 0 Å². The summed E-state index contributed by atoms with van der Waals surface area (Å²) in [5, 5.41) is 2.96. The van der Waals surface area contributed by atoms with Gasteiger partial charge in [-0.25, -0.2) is 0 Å². The van der Waals surface area contributed by atoms with Gasteiger partial charge >= 0.3 is 0 Å². The topological polar surface area (TPSA) is 38.3 Å². The lowest BCUT2D eigenvalue weighted by molar-refractivity contribution is -0.127.